The monoisotopic (exact) mass is 289 g/mol. The first-order valence-electron chi connectivity index (χ1n) is 7.55. The summed E-state index contributed by atoms with van der Waals surface area (Å²) in [5, 5.41) is 3.01. The van der Waals surface area contributed by atoms with Crippen LogP contribution in [0.3, 0.4) is 0 Å². The molecule has 3 N–H and O–H groups in total. The number of amides is 2. The number of nitrogen functional groups attached to an aromatic ring is 1. The number of piperidine rings is 1. The molecule has 0 bridgehead atoms. The lowest BCUT2D eigenvalue weighted by Crippen LogP contribution is -2.49. The van der Waals surface area contributed by atoms with Crippen LogP contribution >= 0.6 is 0 Å². The first-order valence-corrected chi connectivity index (χ1v) is 7.55. The van der Waals surface area contributed by atoms with Crippen LogP contribution < -0.4 is 11.1 Å². The third kappa shape index (κ3) is 3.97. The van der Waals surface area contributed by atoms with Crippen LogP contribution in [0.4, 0.5) is 5.69 Å². The molecular weight excluding hydrogens is 266 g/mol. The van der Waals surface area contributed by atoms with E-state index in [2.05, 4.69) is 5.32 Å². The van der Waals surface area contributed by atoms with E-state index in [0.717, 1.165) is 19.3 Å². The highest BCUT2D eigenvalue weighted by atomic mass is 16.2. The molecule has 1 aromatic rings. The second-order valence-electron chi connectivity index (χ2n) is 5.50. The Bertz CT molecular complexity index is 516. The molecule has 0 radical (unpaired) electrons. The maximum Gasteiger partial charge on any atom is 0.256 e. The van der Waals surface area contributed by atoms with Crippen molar-refractivity contribution >= 4 is 17.5 Å². The highest BCUT2D eigenvalue weighted by Gasteiger charge is 2.26. The van der Waals surface area contributed by atoms with Crippen LogP contribution in [0.5, 0.6) is 0 Å². The first-order chi connectivity index (χ1) is 10.1. The molecule has 1 saturated heterocycles. The maximum atomic E-state index is 12.5. The summed E-state index contributed by atoms with van der Waals surface area (Å²) >= 11 is 0. The van der Waals surface area contributed by atoms with Gasteiger partial charge in [-0.3, -0.25) is 9.59 Å². The second-order valence-corrected chi connectivity index (χ2v) is 5.50. The van der Waals surface area contributed by atoms with E-state index >= 15 is 0 Å². The fourth-order valence-electron chi connectivity index (χ4n) is 2.67. The molecule has 0 aromatic heterocycles. The zero-order valence-electron chi connectivity index (χ0n) is 12.5. The lowest BCUT2D eigenvalue weighted by atomic mass is 10.0. The number of benzene rings is 1. The number of carbonyl (C=O) groups excluding carboxylic acids is 2. The van der Waals surface area contributed by atoms with Crippen molar-refractivity contribution in [3.63, 3.8) is 0 Å². The summed E-state index contributed by atoms with van der Waals surface area (Å²) < 4.78 is 0. The van der Waals surface area contributed by atoms with Gasteiger partial charge in [0.2, 0.25) is 5.91 Å². The Morgan fingerprint density at radius 1 is 1.38 bits per heavy atom. The molecule has 0 spiro atoms. The van der Waals surface area contributed by atoms with Crippen molar-refractivity contribution < 1.29 is 9.59 Å². The molecule has 1 atom stereocenters. The van der Waals surface area contributed by atoms with E-state index in [1.54, 1.807) is 17.0 Å². The summed E-state index contributed by atoms with van der Waals surface area (Å²) in [5.41, 5.74) is 6.91. The van der Waals surface area contributed by atoms with Gasteiger partial charge in [0.25, 0.3) is 5.91 Å². The summed E-state index contributed by atoms with van der Waals surface area (Å²) in [4.78, 5) is 26.0. The Kier molecular flexibility index (Phi) is 5.20. The number of anilines is 1. The standard InChI is InChI=1S/C16H23N3O2/c1-2-6-15(20)18-12-7-5-10-19(11-12)16(21)13-8-3-4-9-14(13)17/h3-4,8-9,12H,2,5-7,10-11,17H2,1H3,(H,18,20). The average molecular weight is 289 g/mol. The number of rotatable bonds is 4. The number of nitrogens with two attached hydrogens (primary N) is 1. The van der Waals surface area contributed by atoms with Gasteiger partial charge < -0.3 is 16.0 Å². The second kappa shape index (κ2) is 7.11. The molecule has 21 heavy (non-hydrogen) atoms. The molecule has 114 valence electrons. The maximum absolute atomic E-state index is 12.5. The molecule has 1 unspecified atom stereocenters. The zero-order valence-corrected chi connectivity index (χ0v) is 12.5. The van der Waals surface area contributed by atoms with Gasteiger partial charge in [-0.05, 0) is 31.4 Å². The molecule has 1 heterocycles. The van der Waals surface area contributed by atoms with Gasteiger partial charge in [-0.2, -0.15) is 0 Å². The Hall–Kier alpha value is -2.04. The average Bonchev–Trinajstić information content (AvgIpc) is 2.47. The number of hydrogen-bond donors (Lipinski definition) is 2. The van der Waals surface area contributed by atoms with Gasteiger partial charge >= 0.3 is 0 Å². The molecule has 0 aliphatic carbocycles. The predicted molar refractivity (Wildman–Crippen MR) is 82.8 cm³/mol. The minimum absolute atomic E-state index is 0.0479. The molecule has 5 heteroatoms. The van der Waals surface area contributed by atoms with Gasteiger partial charge in [0, 0.05) is 31.2 Å². The van der Waals surface area contributed by atoms with E-state index < -0.39 is 0 Å². The van der Waals surface area contributed by atoms with E-state index in [1.807, 2.05) is 19.1 Å². The number of para-hydroxylation sites is 1. The van der Waals surface area contributed by atoms with E-state index in [1.165, 1.54) is 0 Å². The van der Waals surface area contributed by atoms with E-state index in [4.69, 9.17) is 5.73 Å². The van der Waals surface area contributed by atoms with Crippen molar-refractivity contribution in [1.82, 2.24) is 10.2 Å². The smallest absolute Gasteiger partial charge is 0.256 e. The zero-order chi connectivity index (χ0) is 15.2. The molecule has 0 saturated carbocycles. The molecular formula is C16H23N3O2. The fraction of sp³-hybridized carbons (Fsp3) is 0.500. The minimum atomic E-state index is -0.0532. The van der Waals surface area contributed by atoms with Crippen molar-refractivity contribution in [2.75, 3.05) is 18.8 Å². The molecule has 1 aromatic carbocycles. The van der Waals surface area contributed by atoms with Crippen LogP contribution in [0.1, 0.15) is 43.0 Å². The van der Waals surface area contributed by atoms with Gasteiger partial charge in [-0.15, -0.1) is 0 Å². The predicted octanol–water partition coefficient (Wildman–Crippen LogP) is 1.79. The summed E-state index contributed by atoms with van der Waals surface area (Å²) in [6, 6.07) is 7.16. The quantitative estimate of drug-likeness (QED) is 0.830. The molecule has 5 nitrogen and oxygen atoms in total. The van der Waals surface area contributed by atoms with Crippen LogP contribution in [-0.2, 0) is 4.79 Å². The third-order valence-electron chi connectivity index (χ3n) is 3.74. The Morgan fingerprint density at radius 3 is 2.86 bits per heavy atom. The molecule has 1 aliphatic heterocycles. The topological polar surface area (TPSA) is 75.4 Å². The normalized spacial score (nSPS) is 18.3. The summed E-state index contributed by atoms with van der Waals surface area (Å²) in [7, 11) is 0. The third-order valence-corrected chi connectivity index (χ3v) is 3.74. The largest absolute Gasteiger partial charge is 0.398 e. The number of likely N-dealkylation sites (tertiary alicyclic amines) is 1. The van der Waals surface area contributed by atoms with Crippen molar-refractivity contribution in [3.05, 3.63) is 29.8 Å². The summed E-state index contributed by atoms with van der Waals surface area (Å²) in [6.45, 7) is 3.25. The van der Waals surface area contributed by atoms with Crippen LogP contribution in [0, 0.1) is 0 Å². The van der Waals surface area contributed by atoms with E-state index in [9.17, 15) is 9.59 Å². The van der Waals surface area contributed by atoms with Gasteiger partial charge in [0.05, 0.1) is 5.56 Å². The number of carbonyl (C=O) groups is 2. The number of nitrogens with one attached hydrogen (secondary N) is 1. The fourth-order valence-corrected chi connectivity index (χ4v) is 2.67. The minimum Gasteiger partial charge on any atom is -0.398 e. The summed E-state index contributed by atoms with van der Waals surface area (Å²) in [5.74, 6) is 0.0126. The van der Waals surface area contributed by atoms with E-state index in [0.29, 0.717) is 30.8 Å². The SMILES string of the molecule is CCCC(=O)NC1CCCN(C(=O)c2ccccc2N)C1. The van der Waals surface area contributed by atoms with Crippen LogP contribution in [0.25, 0.3) is 0 Å². The Balaban J connectivity index is 1.99. The molecule has 1 fully saturated rings. The Labute approximate surface area is 125 Å². The van der Waals surface area contributed by atoms with Crippen molar-refractivity contribution in [2.24, 2.45) is 0 Å². The van der Waals surface area contributed by atoms with Crippen molar-refractivity contribution in [1.29, 1.82) is 0 Å². The lowest BCUT2D eigenvalue weighted by Gasteiger charge is -2.33. The highest BCUT2D eigenvalue weighted by Crippen LogP contribution is 2.17. The van der Waals surface area contributed by atoms with Crippen LogP contribution in [0.2, 0.25) is 0 Å². The first kappa shape index (κ1) is 15.4. The van der Waals surface area contributed by atoms with E-state index in [-0.39, 0.29) is 17.9 Å². The molecule has 2 rings (SSSR count). The van der Waals surface area contributed by atoms with Gasteiger partial charge in [0.15, 0.2) is 0 Å². The Morgan fingerprint density at radius 2 is 2.14 bits per heavy atom. The molecule has 1 aliphatic rings. The lowest BCUT2D eigenvalue weighted by molar-refractivity contribution is -0.122. The molecule has 2 amide bonds. The van der Waals surface area contributed by atoms with Crippen molar-refractivity contribution in [3.8, 4) is 0 Å². The summed E-state index contributed by atoms with van der Waals surface area (Å²) in [6.07, 6.45) is 3.19. The highest BCUT2D eigenvalue weighted by molar-refractivity contribution is 5.99. The van der Waals surface area contributed by atoms with Crippen molar-refractivity contribution in [2.45, 2.75) is 38.6 Å². The van der Waals surface area contributed by atoms with Gasteiger partial charge in [0.1, 0.15) is 0 Å². The van der Waals surface area contributed by atoms with Gasteiger partial charge in [-0.1, -0.05) is 19.1 Å². The van der Waals surface area contributed by atoms with Crippen LogP contribution in [0.15, 0.2) is 24.3 Å². The van der Waals surface area contributed by atoms with Crippen LogP contribution in [-0.4, -0.2) is 35.8 Å². The number of hydrogen-bond acceptors (Lipinski definition) is 3. The van der Waals surface area contributed by atoms with Gasteiger partial charge in [-0.25, -0.2) is 0 Å². The number of nitrogens with zero attached hydrogens (tertiary/aromatic N) is 1.